The van der Waals surface area contributed by atoms with Gasteiger partial charge in [0.15, 0.2) is 0 Å². The number of para-hydroxylation sites is 1. The summed E-state index contributed by atoms with van der Waals surface area (Å²) in [5, 5.41) is 13.2. The first-order valence-electron chi connectivity index (χ1n) is 10.2. The fourth-order valence-electron chi connectivity index (χ4n) is 3.97. The lowest BCUT2D eigenvalue weighted by atomic mass is 9.93. The van der Waals surface area contributed by atoms with Gasteiger partial charge in [0.05, 0.1) is 28.9 Å². The number of carbonyl (C=O) groups is 1. The summed E-state index contributed by atoms with van der Waals surface area (Å²) in [5.74, 6) is 0.280. The second-order valence-corrected chi connectivity index (χ2v) is 8.31. The predicted octanol–water partition coefficient (Wildman–Crippen LogP) is 5.62. The summed E-state index contributed by atoms with van der Waals surface area (Å²) in [6.07, 6.45) is 0. The summed E-state index contributed by atoms with van der Waals surface area (Å²) in [7, 11) is 0. The summed E-state index contributed by atoms with van der Waals surface area (Å²) in [6, 6.07) is 25.0. The number of ether oxygens (including phenoxy) is 1. The number of fused-ring (bicyclic) bond motifs is 1. The number of carbonyl (C=O) groups excluding carboxylic acids is 1. The molecule has 3 aromatic rings. The van der Waals surface area contributed by atoms with Crippen LogP contribution in [0.4, 0.5) is 11.4 Å². The van der Waals surface area contributed by atoms with Crippen molar-refractivity contribution in [1.82, 2.24) is 0 Å². The van der Waals surface area contributed by atoms with Crippen LogP contribution in [-0.4, -0.2) is 18.3 Å². The number of hydrogen-bond acceptors (Lipinski definition) is 5. The van der Waals surface area contributed by atoms with E-state index in [1.54, 1.807) is 11.8 Å². The quantitative estimate of drug-likeness (QED) is 0.567. The summed E-state index contributed by atoms with van der Waals surface area (Å²) < 4.78 is 5.53. The molecule has 0 spiro atoms. The standard InChI is InChI=1S/C25H21N3O2S/c1-2-30-18-14-12-17(13-15-18)28-23(26)22(21(25(28)29)16-8-4-3-5-9-16)24-27-19-10-6-7-11-20(19)31-24/h3-15,21,26-27H,2H2,1H3. The monoisotopic (exact) mass is 427 g/mol. The van der Waals surface area contributed by atoms with Crippen LogP contribution in [-0.2, 0) is 4.79 Å². The Morgan fingerprint density at radius 2 is 1.71 bits per heavy atom. The van der Waals surface area contributed by atoms with E-state index in [0.29, 0.717) is 17.9 Å². The second-order valence-electron chi connectivity index (χ2n) is 7.26. The Kier molecular flexibility index (Phi) is 5.00. The minimum atomic E-state index is -0.537. The van der Waals surface area contributed by atoms with Crippen LogP contribution in [0.5, 0.6) is 5.75 Å². The van der Waals surface area contributed by atoms with Gasteiger partial charge in [-0.15, -0.1) is 0 Å². The molecule has 1 saturated heterocycles. The molecule has 0 bridgehead atoms. The Morgan fingerprint density at radius 1 is 1.00 bits per heavy atom. The summed E-state index contributed by atoms with van der Waals surface area (Å²) in [6.45, 7) is 2.51. The number of amides is 1. The zero-order valence-electron chi connectivity index (χ0n) is 17.0. The lowest BCUT2D eigenvalue weighted by Gasteiger charge is -2.17. The fourth-order valence-corrected chi connectivity index (χ4v) is 5.05. The van der Waals surface area contributed by atoms with E-state index in [-0.39, 0.29) is 11.7 Å². The molecule has 0 saturated carbocycles. The van der Waals surface area contributed by atoms with E-state index in [1.165, 1.54) is 4.90 Å². The van der Waals surface area contributed by atoms with Crippen LogP contribution in [0.1, 0.15) is 18.4 Å². The number of thioether (sulfide) groups is 1. The van der Waals surface area contributed by atoms with Gasteiger partial charge in [-0.05, 0) is 48.9 Å². The number of nitrogens with one attached hydrogen (secondary N) is 2. The SMILES string of the molecule is CCOc1ccc(N2C(=N)C(=C3Nc4ccccc4S3)C(c3ccccc3)C2=O)cc1. The van der Waals surface area contributed by atoms with Gasteiger partial charge in [0.25, 0.3) is 0 Å². The van der Waals surface area contributed by atoms with Gasteiger partial charge in [0.2, 0.25) is 5.91 Å². The predicted molar refractivity (Wildman–Crippen MR) is 125 cm³/mol. The molecule has 0 aromatic heterocycles. The molecule has 31 heavy (non-hydrogen) atoms. The van der Waals surface area contributed by atoms with Crippen LogP contribution in [0.25, 0.3) is 0 Å². The van der Waals surface area contributed by atoms with Gasteiger partial charge in [-0.2, -0.15) is 0 Å². The number of hydrogen-bond donors (Lipinski definition) is 2. The molecule has 5 nitrogen and oxygen atoms in total. The highest BCUT2D eigenvalue weighted by molar-refractivity contribution is 8.03. The molecule has 2 N–H and O–H groups in total. The van der Waals surface area contributed by atoms with Crippen molar-refractivity contribution in [1.29, 1.82) is 5.41 Å². The molecule has 0 radical (unpaired) electrons. The Bertz CT molecular complexity index is 1160. The third-order valence-corrected chi connectivity index (χ3v) is 6.47. The first-order chi connectivity index (χ1) is 15.2. The zero-order chi connectivity index (χ0) is 21.4. The highest BCUT2D eigenvalue weighted by atomic mass is 32.2. The Balaban J connectivity index is 1.60. The van der Waals surface area contributed by atoms with Crippen molar-refractivity contribution >= 4 is 34.9 Å². The maximum Gasteiger partial charge on any atom is 0.244 e. The third-order valence-electron chi connectivity index (χ3n) is 5.37. The van der Waals surface area contributed by atoms with Gasteiger partial charge >= 0.3 is 0 Å². The average molecular weight is 428 g/mol. The molecule has 154 valence electrons. The van der Waals surface area contributed by atoms with Crippen molar-refractivity contribution in [3.63, 3.8) is 0 Å². The Morgan fingerprint density at radius 3 is 2.42 bits per heavy atom. The molecule has 2 aliphatic rings. The van der Waals surface area contributed by atoms with Crippen molar-refractivity contribution in [2.75, 3.05) is 16.8 Å². The lowest BCUT2D eigenvalue weighted by molar-refractivity contribution is -0.117. The van der Waals surface area contributed by atoms with Gasteiger partial charge in [0.1, 0.15) is 11.6 Å². The highest BCUT2D eigenvalue weighted by Gasteiger charge is 2.45. The van der Waals surface area contributed by atoms with E-state index < -0.39 is 5.92 Å². The van der Waals surface area contributed by atoms with Crippen molar-refractivity contribution < 1.29 is 9.53 Å². The van der Waals surface area contributed by atoms with Gasteiger partial charge in [0, 0.05) is 10.5 Å². The minimum Gasteiger partial charge on any atom is -0.494 e. The molecule has 3 aromatic carbocycles. The largest absolute Gasteiger partial charge is 0.494 e. The van der Waals surface area contributed by atoms with E-state index in [9.17, 15) is 4.79 Å². The third kappa shape index (κ3) is 3.39. The van der Waals surface area contributed by atoms with Crippen molar-refractivity contribution in [3.05, 3.63) is 95.0 Å². The van der Waals surface area contributed by atoms with Gasteiger partial charge in [-0.1, -0.05) is 54.2 Å². The van der Waals surface area contributed by atoms with E-state index in [0.717, 1.165) is 26.9 Å². The fraction of sp³-hybridized carbons (Fsp3) is 0.120. The van der Waals surface area contributed by atoms with Crippen LogP contribution < -0.4 is 15.0 Å². The topological polar surface area (TPSA) is 65.4 Å². The molecule has 0 aliphatic carbocycles. The lowest BCUT2D eigenvalue weighted by Crippen LogP contribution is -2.29. The average Bonchev–Trinajstić information content (AvgIpc) is 3.33. The van der Waals surface area contributed by atoms with Crippen LogP contribution in [0, 0.1) is 5.41 Å². The molecule has 1 unspecified atom stereocenters. The molecule has 2 aliphatic heterocycles. The van der Waals surface area contributed by atoms with E-state index >= 15 is 0 Å². The molecular weight excluding hydrogens is 406 g/mol. The number of anilines is 2. The maximum atomic E-state index is 13.7. The second kappa shape index (κ2) is 7.96. The minimum absolute atomic E-state index is 0.124. The van der Waals surface area contributed by atoms with Crippen molar-refractivity contribution in [2.24, 2.45) is 0 Å². The van der Waals surface area contributed by atoms with E-state index in [2.05, 4.69) is 5.32 Å². The first kappa shape index (κ1) is 19.5. The van der Waals surface area contributed by atoms with Crippen LogP contribution in [0.15, 0.2) is 94.4 Å². The Labute approximate surface area is 185 Å². The molecule has 1 amide bonds. The molecule has 1 atom stereocenters. The van der Waals surface area contributed by atoms with E-state index in [1.807, 2.05) is 85.8 Å². The normalized spacial score (nSPS) is 20.0. The van der Waals surface area contributed by atoms with Crippen molar-refractivity contribution in [2.45, 2.75) is 17.7 Å². The zero-order valence-corrected chi connectivity index (χ0v) is 17.8. The molecule has 2 heterocycles. The smallest absolute Gasteiger partial charge is 0.244 e. The van der Waals surface area contributed by atoms with Crippen LogP contribution in [0.3, 0.4) is 0 Å². The Hall–Kier alpha value is -3.51. The van der Waals surface area contributed by atoms with Gasteiger partial charge in [-0.25, -0.2) is 0 Å². The molecule has 5 rings (SSSR count). The highest BCUT2D eigenvalue weighted by Crippen LogP contribution is 2.48. The number of amidine groups is 1. The molecular formula is C25H21N3O2S. The number of nitrogens with zero attached hydrogens (tertiary/aromatic N) is 1. The number of rotatable bonds is 4. The van der Waals surface area contributed by atoms with Gasteiger partial charge < -0.3 is 10.1 Å². The van der Waals surface area contributed by atoms with Crippen LogP contribution >= 0.6 is 11.8 Å². The maximum absolute atomic E-state index is 13.7. The van der Waals surface area contributed by atoms with Crippen molar-refractivity contribution in [3.8, 4) is 5.75 Å². The molecule has 1 fully saturated rings. The van der Waals surface area contributed by atoms with Crippen LogP contribution in [0.2, 0.25) is 0 Å². The van der Waals surface area contributed by atoms with Gasteiger partial charge in [-0.3, -0.25) is 15.1 Å². The summed E-state index contributed by atoms with van der Waals surface area (Å²) >= 11 is 1.57. The first-order valence-corrected chi connectivity index (χ1v) is 11.0. The number of benzene rings is 3. The summed E-state index contributed by atoms with van der Waals surface area (Å²) in [5.41, 5.74) is 3.25. The summed E-state index contributed by atoms with van der Waals surface area (Å²) in [4.78, 5) is 16.2. The molecule has 6 heteroatoms. The van der Waals surface area contributed by atoms with E-state index in [4.69, 9.17) is 10.1 Å².